The number of anilines is 2. The summed E-state index contributed by atoms with van der Waals surface area (Å²) in [5.74, 6) is -0.879. The second kappa shape index (κ2) is 4.25. The van der Waals surface area contributed by atoms with Gasteiger partial charge in [0.2, 0.25) is 0 Å². The highest BCUT2D eigenvalue weighted by Gasteiger charge is 2.16. The smallest absolute Gasteiger partial charge is 0.276 e. The Morgan fingerprint density at radius 3 is 2.76 bits per heavy atom. The molecule has 1 aromatic carbocycles. The molecule has 5 nitrogen and oxygen atoms in total. The van der Waals surface area contributed by atoms with Gasteiger partial charge in [0.05, 0.1) is 12.0 Å². The minimum absolute atomic E-state index is 0.109. The summed E-state index contributed by atoms with van der Waals surface area (Å²) in [5, 5.41) is 2.44. The zero-order chi connectivity index (χ0) is 12.4. The van der Waals surface area contributed by atoms with Crippen molar-refractivity contribution in [3.05, 3.63) is 42.1 Å². The number of amides is 1. The minimum atomic E-state index is -0.499. The Hall–Kier alpha value is -2.37. The Bertz CT molecular complexity index is 545. The standard InChI is InChI=1S/C11H11FN4O/c1-16-6-14-10(13)9(16)11(17)15-8-5-3-2-4-7(8)12/h2-6H,13H2,1H3,(H,15,17). The second-order valence-corrected chi connectivity index (χ2v) is 3.52. The number of imidazole rings is 1. The summed E-state index contributed by atoms with van der Waals surface area (Å²) in [6, 6.07) is 5.91. The fourth-order valence-corrected chi connectivity index (χ4v) is 1.47. The highest BCUT2D eigenvalue weighted by atomic mass is 19.1. The quantitative estimate of drug-likeness (QED) is 0.824. The molecule has 1 amide bonds. The van der Waals surface area contributed by atoms with Crippen LogP contribution in [0.4, 0.5) is 15.9 Å². The molecule has 2 aromatic rings. The summed E-state index contributed by atoms with van der Waals surface area (Å²) in [6.45, 7) is 0. The van der Waals surface area contributed by atoms with Crippen molar-refractivity contribution in [1.82, 2.24) is 9.55 Å². The molecule has 17 heavy (non-hydrogen) atoms. The molecule has 0 unspecified atom stereocenters. The van der Waals surface area contributed by atoms with Gasteiger partial charge in [0, 0.05) is 7.05 Å². The lowest BCUT2D eigenvalue weighted by Crippen LogP contribution is -2.17. The van der Waals surface area contributed by atoms with Crippen LogP contribution in [-0.2, 0) is 7.05 Å². The molecule has 1 heterocycles. The number of hydrogen-bond donors (Lipinski definition) is 2. The van der Waals surface area contributed by atoms with Crippen LogP contribution >= 0.6 is 0 Å². The summed E-state index contributed by atoms with van der Waals surface area (Å²) in [6.07, 6.45) is 1.42. The number of rotatable bonds is 2. The molecule has 0 spiro atoms. The Morgan fingerprint density at radius 1 is 1.47 bits per heavy atom. The molecular weight excluding hydrogens is 223 g/mol. The van der Waals surface area contributed by atoms with E-state index in [-0.39, 0.29) is 17.2 Å². The molecule has 0 radical (unpaired) electrons. The lowest BCUT2D eigenvalue weighted by molar-refractivity contribution is 0.101. The highest BCUT2D eigenvalue weighted by molar-refractivity contribution is 6.06. The van der Waals surface area contributed by atoms with Crippen LogP contribution in [0.2, 0.25) is 0 Å². The van der Waals surface area contributed by atoms with Crippen LogP contribution in [0.5, 0.6) is 0 Å². The molecule has 0 saturated carbocycles. The molecule has 0 aliphatic carbocycles. The van der Waals surface area contributed by atoms with Crippen molar-refractivity contribution in [2.45, 2.75) is 0 Å². The van der Waals surface area contributed by atoms with E-state index in [1.54, 1.807) is 19.2 Å². The van der Waals surface area contributed by atoms with E-state index in [0.29, 0.717) is 0 Å². The van der Waals surface area contributed by atoms with Gasteiger partial charge in [0.25, 0.3) is 5.91 Å². The maximum absolute atomic E-state index is 13.3. The molecule has 2 rings (SSSR count). The topological polar surface area (TPSA) is 72.9 Å². The highest BCUT2D eigenvalue weighted by Crippen LogP contribution is 2.15. The van der Waals surface area contributed by atoms with Crippen LogP contribution in [-0.4, -0.2) is 15.5 Å². The predicted octanol–water partition coefficient (Wildman–Crippen LogP) is 1.39. The number of para-hydroxylation sites is 1. The van der Waals surface area contributed by atoms with E-state index in [0.717, 1.165) is 0 Å². The first kappa shape index (κ1) is 11.1. The van der Waals surface area contributed by atoms with Crippen molar-refractivity contribution in [2.75, 3.05) is 11.1 Å². The van der Waals surface area contributed by atoms with Crippen LogP contribution in [0.1, 0.15) is 10.5 Å². The Morgan fingerprint density at radius 2 is 2.18 bits per heavy atom. The van der Waals surface area contributed by atoms with Crippen LogP contribution < -0.4 is 11.1 Å². The zero-order valence-electron chi connectivity index (χ0n) is 9.14. The van der Waals surface area contributed by atoms with Crippen molar-refractivity contribution in [3.63, 3.8) is 0 Å². The SMILES string of the molecule is Cn1cnc(N)c1C(=O)Nc1ccccc1F. The Kier molecular flexibility index (Phi) is 2.78. The number of nitrogens with one attached hydrogen (secondary N) is 1. The molecule has 1 aromatic heterocycles. The van der Waals surface area contributed by atoms with E-state index in [1.807, 2.05) is 0 Å². The van der Waals surface area contributed by atoms with Gasteiger partial charge in [-0.1, -0.05) is 12.1 Å². The monoisotopic (exact) mass is 234 g/mol. The number of aromatic nitrogens is 2. The first-order chi connectivity index (χ1) is 8.09. The third-order valence-corrected chi connectivity index (χ3v) is 2.30. The average molecular weight is 234 g/mol. The first-order valence-electron chi connectivity index (χ1n) is 4.92. The maximum atomic E-state index is 13.3. The van der Waals surface area contributed by atoms with Crippen molar-refractivity contribution in [1.29, 1.82) is 0 Å². The first-order valence-corrected chi connectivity index (χ1v) is 4.92. The maximum Gasteiger partial charge on any atom is 0.276 e. The van der Waals surface area contributed by atoms with Gasteiger partial charge < -0.3 is 15.6 Å². The van der Waals surface area contributed by atoms with E-state index >= 15 is 0 Å². The molecular formula is C11H11FN4O. The van der Waals surface area contributed by atoms with E-state index in [1.165, 1.54) is 23.0 Å². The summed E-state index contributed by atoms with van der Waals surface area (Å²) in [5.41, 5.74) is 5.86. The number of carbonyl (C=O) groups is 1. The number of aryl methyl sites for hydroxylation is 1. The minimum Gasteiger partial charge on any atom is -0.382 e. The summed E-state index contributed by atoms with van der Waals surface area (Å²) in [4.78, 5) is 15.6. The molecule has 0 bridgehead atoms. The normalized spacial score (nSPS) is 10.2. The van der Waals surface area contributed by atoms with Gasteiger partial charge in [0.15, 0.2) is 11.5 Å². The Labute approximate surface area is 97.1 Å². The average Bonchev–Trinajstić information content (AvgIpc) is 2.62. The number of carbonyl (C=O) groups excluding carboxylic acids is 1. The van der Waals surface area contributed by atoms with Gasteiger partial charge >= 0.3 is 0 Å². The predicted molar refractivity (Wildman–Crippen MR) is 62.0 cm³/mol. The molecule has 0 aliphatic heterocycles. The van der Waals surface area contributed by atoms with Crippen LogP contribution in [0.15, 0.2) is 30.6 Å². The molecule has 0 fully saturated rings. The molecule has 0 atom stereocenters. The van der Waals surface area contributed by atoms with Gasteiger partial charge in [-0.25, -0.2) is 9.37 Å². The van der Waals surface area contributed by atoms with Gasteiger partial charge in [-0.3, -0.25) is 4.79 Å². The third kappa shape index (κ3) is 2.10. The summed E-state index contributed by atoms with van der Waals surface area (Å²) >= 11 is 0. The molecule has 0 saturated heterocycles. The van der Waals surface area contributed by atoms with Crippen molar-refractivity contribution in [2.24, 2.45) is 7.05 Å². The molecule has 3 N–H and O–H groups in total. The lowest BCUT2D eigenvalue weighted by Gasteiger charge is -2.06. The summed E-state index contributed by atoms with van der Waals surface area (Å²) in [7, 11) is 1.64. The van der Waals surface area contributed by atoms with Crippen molar-refractivity contribution in [3.8, 4) is 0 Å². The van der Waals surface area contributed by atoms with Gasteiger partial charge in [0.1, 0.15) is 5.82 Å². The van der Waals surface area contributed by atoms with Gasteiger partial charge in [-0.2, -0.15) is 0 Å². The summed E-state index contributed by atoms with van der Waals surface area (Å²) < 4.78 is 14.8. The largest absolute Gasteiger partial charge is 0.382 e. The molecule has 88 valence electrons. The van der Waals surface area contributed by atoms with E-state index in [2.05, 4.69) is 10.3 Å². The number of halogens is 1. The Balaban J connectivity index is 2.27. The van der Waals surface area contributed by atoms with Crippen LogP contribution in [0, 0.1) is 5.82 Å². The van der Waals surface area contributed by atoms with Crippen molar-refractivity contribution >= 4 is 17.4 Å². The number of nitrogens with two attached hydrogens (primary N) is 1. The van der Waals surface area contributed by atoms with Crippen LogP contribution in [0.3, 0.4) is 0 Å². The number of benzene rings is 1. The molecule has 6 heteroatoms. The fourth-order valence-electron chi connectivity index (χ4n) is 1.47. The number of nitrogens with zero attached hydrogens (tertiary/aromatic N) is 2. The third-order valence-electron chi connectivity index (χ3n) is 2.30. The van der Waals surface area contributed by atoms with E-state index in [9.17, 15) is 9.18 Å². The van der Waals surface area contributed by atoms with Crippen molar-refractivity contribution < 1.29 is 9.18 Å². The zero-order valence-corrected chi connectivity index (χ0v) is 9.14. The molecule has 0 aliphatic rings. The lowest BCUT2D eigenvalue weighted by atomic mass is 10.3. The number of nitrogen functional groups attached to an aromatic ring is 1. The number of hydrogen-bond acceptors (Lipinski definition) is 3. The van der Waals surface area contributed by atoms with Gasteiger partial charge in [-0.15, -0.1) is 0 Å². The van der Waals surface area contributed by atoms with Gasteiger partial charge in [-0.05, 0) is 12.1 Å². The second-order valence-electron chi connectivity index (χ2n) is 3.52. The fraction of sp³-hybridized carbons (Fsp3) is 0.0909. The van der Waals surface area contributed by atoms with Crippen LogP contribution in [0.25, 0.3) is 0 Å². The van der Waals surface area contributed by atoms with E-state index in [4.69, 9.17) is 5.73 Å². The van der Waals surface area contributed by atoms with E-state index < -0.39 is 11.7 Å².